The summed E-state index contributed by atoms with van der Waals surface area (Å²) in [5, 5.41) is 53.4. The largest absolute Gasteiger partial charge is 0.508 e. The van der Waals surface area contributed by atoms with Crippen LogP contribution in [0.5, 0.6) is 11.5 Å². The molecule has 2 heterocycles. The molecular formula is C28H28N10O2. The molecule has 12 nitrogen and oxygen atoms in total. The zero-order valence-electron chi connectivity index (χ0n) is 22.3. The Morgan fingerprint density at radius 2 is 1.32 bits per heavy atom. The minimum Gasteiger partial charge on any atom is -0.508 e. The van der Waals surface area contributed by atoms with Crippen molar-refractivity contribution < 1.29 is 10.2 Å². The number of tetrazole rings is 2. The van der Waals surface area contributed by atoms with E-state index in [9.17, 15) is 10.2 Å². The van der Waals surface area contributed by atoms with Crippen LogP contribution in [0.2, 0.25) is 0 Å². The van der Waals surface area contributed by atoms with E-state index in [2.05, 4.69) is 60.3 Å². The third-order valence-electron chi connectivity index (χ3n) is 6.39. The van der Waals surface area contributed by atoms with Gasteiger partial charge in [-0.15, -0.1) is 19.8 Å². The molecule has 0 aliphatic rings. The van der Waals surface area contributed by atoms with Crippen LogP contribution in [-0.2, 0) is 6.42 Å². The minimum absolute atomic E-state index is 0.0874. The van der Waals surface area contributed by atoms with Gasteiger partial charge < -0.3 is 10.2 Å². The predicted molar refractivity (Wildman–Crippen MR) is 149 cm³/mol. The first-order chi connectivity index (χ1) is 19.4. The fraction of sp³-hybridized carbons (Fsp3) is 0.214. The van der Waals surface area contributed by atoms with Gasteiger partial charge in [0.05, 0.1) is 12.4 Å². The van der Waals surface area contributed by atoms with Crippen LogP contribution < -0.4 is 0 Å². The van der Waals surface area contributed by atoms with Crippen molar-refractivity contribution in [1.82, 2.24) is 40.6 Å². The number of hydrogen-bond acceptors (Lipinski definition) is 10. The molecule has 40 heavy (non-hydrogen) atoms. The summed E-state index contributed by atoms with van der Waals surface area (Å²) < 4.78 is 0. The number of phenolic OH excluding ortho intramolecular Hbond substituents is 2. The second kappa shape index (κ2) is 11.6. The first-order valence-electron chi connectivity index (χ1n) is 12.8. The maximum Gasteiger partial charge on any atom is 0.173 e. The van der Waals surface area contributed by atoms with Crippen molar-refractivity contribution >= 4 is 12.4 Å². The summed E-state index contributed by atoms with van der Waals surface area (Å²) in [6, 6.07) is 18.6. The van der Waals surface area contributed by atoms with Crippen LogP contribution in [0.3, 0.4) is 0 Å². The van der Waals surface area contributed by atoms with E-state index in [1.165, 1.54) is 15.1 Å². The molecule has 0 saturated carbocycles. The molecule has 2 N–H and O–H groups in total. The van der Waals surface area contributed by atoms with Gasteiger partial charge in [-0.05, 0) is 99.8 Å². The molecule has 0 fully saturated rings. The fourth-order valence-corrected chi connectivity index (χ4v) is 4.42. The number of benzene rings is 3. The van der Waals surface area contributed by atoms with Crippen LogP contribution >= 0.6 is 0 Å². The summed E-state index contributed by atoms with van der Waals surface area (Å²) in [6.45, 7) is 5.63. The van der Waals surface area contributed by atoms with Gasteiger partial charge in [0.2, 0.25) is 0 Å². The molecule has 202 valence electrons. The van der Waals surface area contributed by atoms with Gasteiger partial charge in [-0.1, -0.05) is 37.6 Å². The summed E-state index contributed by atoms with van der Waals surface area (Å²) in [5.41, 5.74) is 4.75. The monoisotopic (exact) mass is 536 g/mol. The number of aromatic hydroxyl groups is 2. The lowest BCUT2D eigenvalue weighted by atomic mass is 9.82. The van der Waals surface area contributed by atoms with Crippen LogP contribution in [0.25, 0.3) is 0 Å². The third-order valence-corrected chi connectivity index (χ3v) is 6.39. The quantitative estimate of drug-likeness (QED) is 0.214. The highest BCUT2D eigenvalue weighted by Gasteiger charge is 2.24. The van der Waals surface area contributed by atoms with E-state index < -0.39 is 5.92 Å². The predicted octanol–water partition coefficient (Wildman–Crippen LogP) is 3.58. The summed E-state index contributed by atoms with van der Waals surface area (Å²) in [7, 11) is 0. The van der Waals surface area contributed by atoms with E-state index in [0.29, 0.717) is 22.8 Å². The van der Waals surface area contributed by atoms with Crippen LogP contribution in [0.15, 0.2) is 70.9 Å². The summed E-state index contributed by atoms with van der Waals surface area (Å²) in [4.78, 5) is 2.64. The van der Waals surface area contributed by atoms with E-state index in [1.807, 2.05) is 24.3 Å². The summed E-state index contributed by atoms with van der Waals surface area (Å²) in [6.07, 6.45) is 5.15. The molecular weight excluding hydrogens is 508 g/mol. The Hall–Kier alpha value is -5.26. The standard InChI is InChI=1S/C28H28N10O2/c1-4-6-20-7-5-8-23(13-20)28(24-14-21(9-11-26(24)39)16-29-37-18(2)31-33-35-37)25-15-22(10-12-27(25)40)17-30-38-19(3)32-34-36-38/h5,7-17,28,39-40H,4,6H2,1-3H3/b29-16+,30-17+. The van der Waals surface area contributed by atoms with Crippen molar-refractivity contribution in [3.8, 4) is 11.5 Å². The van der Waals surface area contributed by atoms with E-state index >= 15 is 0 Å². The molecule has 0 atom stereocenters. The molecule has 0 radical (unpaired) electrons. The van der Waals surface area contributed by atoms with Crippen molar-refractivity contribution in [2.24, 2.45) is 10.2 Å². The lowest BCUT2D eigenvalue weighted by molar-refractivity contribution is 0.458. The highest BCUT2D eigenvalue weighted by molar-refractivity contribution is 5.82. The Bertz CT molecular complexity index is 1590. The minimum atomic E-state index is -0.497. The van der Waals surface area contributed by atoms with Gasteiger partial charge in [-0.3, -0.25) is 0 Å². The Labute approximate surface area is 230 Å². The molecule has 2 aromatic heterocycles. The van der Waals surface area contributed by atoms with E-state index in [-0.39, 0.29) is 11.5 Å². The van der Waals surface area contributed by atoms with Gasteiger partial charge >= 0.3 is 0 Å². The number of aromatic nitrogens is 8. The Balaban J connectivity index is 1.62. The van der Waals surface area contributed by atoms with Gasteiger partial charge in [0, 0.05) is 17.0 Å². The highest BCUT2D eigenvalue weighted by Crippen LogP contribution is 2.41. The first kappa shape index (κ1) is 26.4. The normalized spacial score (nSPS) is 11.8. The van der Waals surface area contributed by atoms with Gasteiger partial charge in [-0.2, -0.15) is 10.2 Å². The Morgan fingerprint density at radius 3 is 1.80 bits per heavy atom. The van der Waals surface area contributed by atoms with Crippen molar-refractivity contribution in [1.29, 1.82) is 0 Å². The zero-order chi connectivity index (χ0) is 28.1. The molecule has 5 rings (SSSR count). The maximum atomic E-state index is 11.1. The molecule has 0 aliphatic carbocycles. The molecule has 0 saturated heterocycles. The lowest BCUT2D eigenvalue weighted by Crippen LogP contribution is -2.07. The number of nitrogens with zero attached hydrogens (tertiary/aromatic N) is 10. The van der Waals surface area contributed by atoms with Crippen molar-refractivity contribution in [2.75, 3.05) is 0 Å². The molecule has 0 unspecified atom stereocenters. The Morgan fingerprint density at radius 1 is 0.775 bits per heavy atom. The summed E-state index contributed by atoms with van der Waals surface area (Å²) >= 11 is 0. The van der Waals surface area contributed by atoms with Crippen LogP contribution in [0.4, 0.5) is 0 Å². The Kier molecular flexibility index (Phi) is 7.67. The first-order valence-corrected chi connectivity index (χ1v) is 12.8. The number of phenols is 2. The van der Waals surface area contributed by atoms with E-state index in [0.717, 1.165) is 29.5 Å². The van der Waals surface area contributed by atoms with Crippen molar-refractivity contribution in [3.05, 3.63) is 106 Å². The maximum absolute atomic E-state index is 11.1. The van der Waals surface area contributed by atoms with E-state index in [4.69, 9.17) is 0 Å². The van der Waals surface area contributed by atoms with Crippen molar-refractivity contribution in [3.63, 3.8) is 0 Å². The number of aryl methyl sites for hydroxylation is 3. The molecule has 12 heteroatoms. The van der Waals surface area contributed by atoms with Gasteiger partial charge in [-0.25, -0.2) is 0 Å². The van der Waals surface area contributed by atoms with Crippen LogP contribution in [0, 0.1) is 13.8 Å². The second-order valence-electron chi connectivity index (χ2n) is 9.28. The number of hydrogen-bond donors (Lipinski definition) is 2. The molecule has 5 aromatic rings. The average molecular weight is 537 g/mol. The second-order valence-corrected chi connectivity index (χ2v) is 9.28. The van der Waals surface area contributed by atoms with Crippen molar-refractivity contribution in [2.45, 2.75) is 39.5 Å². The molecule has 3 aromatic carbocycles. The molecule has 0 spiro atoms. The van der Waals surface area contributed by atoms with Gasteiger partial charge in [0.1, 0.15) is 11.5 Å². The number of rotatable bonds is 9. The molecule has 0 bridgehead atoms. The van der Waals surface area contributed by atoms with Gasteiger partial charge in [0.25, 0.3) is 0 Å². The molecule has 0 amide bonds. The topological polar surface area (TPSA) is 152 Å². The SMILES string of the molecule is CCCc1cccc(C(c2cc(/C=N/n3nnnc3C)ccc2O)c2cc(/C=N/n3nnnc3C)ccc2O)c1. The van der Waals surface area contributed by atoms with Crippen LogP contribution in [-0.4, -0.2) is 63.3 Å². The fourth-order valence-electron chi connectivity index (χ4n) is 4.42. The van der Waals surface area contributed by atoms with Gasteiger partial charge in [0.15, 0.2) is 11.6 Å². The highest BCUT2D eigenvalue weighted by atomic mass is 16.3. The van der Waals surface area contributed by atoms with E-state index in [1.54, 1.807) is 50.5 Å². The lowest BCUT2D eigenvalue weighted by Gasteiger charge is -2.22. The third kappa shape index (κ3) is 5.75. The van der Waals surface area contributed by atoms with Crippen LogP contribution in [0.1, 0.15) is 64.3 Å². The molecule has 0 aliphatic heterocycles. The zero-order valence-corrected chi connectivity index (χ0v) is 22.3. The summed E-state index contributed by atoms with van der Waals surface area (Å²) in [5.74, 6) is 0.763. The smallest absolute Gasteiger partial charge is 0.173 e. The average Bonchev–Trinajstić information content (AvgIpc) is 3.56.